The first-order valence-corrected chi connectivity index (χ1v) is 7.40. The van der Waals surface area contributed by atoms with Gasteiger partial charge in [-0.1, -0.05) is 0 Å². The number of carbonyl (C=O) groups excluding carboxylic acids is 2. The Morgan fingerprint density at radius 2 is 1.91 bits per heavy atom. The molecule has 1 rings (SSSR count). The van der Waals surface area contributed by atoms with Gasteiger partial charge in [-0.2, -0.15) is 0 Å². The Morgan fingerprint density at radius 1 is 1.30 bits per heavy atom. The van der Waals surface area contributed by atoms with Gasteiger partial charge in [-0.3, -0.25) is 19.7 Å². The van der Waals surface area contributed by atoms with Gasteiger partial charge >= 0.3 is 0 Å². The van der Waals surface area contributed by atoms with Gasteiger partial charge in [0.25, 0.3) is 5.69 Å². The van der Waals surface area contributed by atoms with Crippen LogP contribution in [0, 0.1) is 10.1 Å². The Bertz CT molecular complexity index is 620. The molecule has 1 amide bonds. The second-order valence-electron chi connectivity index (χ2n) is 6.33. The van der Waals surface area contributed by atoms with Crippen molar-refractivity contribution in [3.63, 3.8) is 0 Å². The van der Waals surface area contributed by atoms with Gasteiger partial charge in [0.1, 0.15) is 5.69 Å². The molecule has 0 fully saturated rings. The molecule has 7 nitrogen and oxygen atoms in total. The number of ketones is 1. The van der Waals surface area contributed by atoms with Crippen molar-refractivity contribution in [3.8, 4) is 0 Å². The zero-order valence-electron chi connectivity index (χ0n) is 14.2. The third kappa shape index (κ3) is 5.36. The van der Waals surface area contributed by atoms with E-state index >= 15 is 0 Å². The molecule has 0 aliphatic carbocycles. The minimum atomic E-state index is -0.536. The Balaban J connectivity index is 3.12. The summed E-state index contributed by atoms with van der Waals surface area (Å²) in [7, 11) is 0. The van der Waals surface area contributed by atoms with Gasteiger partial charge in [0, 0.05) is 23.7 Å². The molecule has 0 saturated carbocycles. The molecule has 126 valence electrons. The fraction of sp³-hybridized carbons (Fsp3) is 0.500. The normalized spacial score (nSPS) is 11.0. The number of Topliss-reactive ketones (excluding diaryl/α,β-unsaturated/α-hetero) is 1. The molecule has 1 aromatic carbocycles. The first-order chi connectivity index (χ1) is 10.5. The largest absolute Gasteiger partial charge is 0.357 e. The average Bonchev–Trinajstić information content (AvgIpc) is 2.42. The lowest BCUT2D eigenvalue weighted by Gasteiger charge is -2.26. The van der Waals surface area contributed by atoms with E-state index in [0.29, 0.717) is 12.2 Å². The van der Waals surface area contributed by atoms with Gasteiger partial charge in [-0.05, 0) is 46.8 Å². The number of nitro benzene ring substituents is 1. The number of carbonyl (C=O) groups is 2. The van der Waals surface area contributed by atoms with Gasteiger partial charge in [0.05, 0.1) is 11.5 Å². The van der Waals surface area contributed by atoms with E-state index in [0.717, 1.165) is 0 Å². The number of hydrogen-bond donors (Lipinski definition) is 1. The predicted octanol–water partition coefficient (Wildman–Crippen LogP) is 2.54. The first kappa shape index (κ1) is 18.6. The summed E-state index contributed by atoms with van der Waals surface area (Å²) in [5, 5.41) is 14.1. The number of amides is 1. The fourth-order valence-corrected chi connectivity index (χ4v) is 2.15. The second-order valence-corrected chi connectivity index (χ2v) is 6.33. The molecular formula is C16H23N3O4. The van der Waals surface area contributed by atoms with Crippen LogP contribution in [0.4, 0.5) is 11.4 Å². The molecule has 1 aromatic rings. The molecule has 0 radical (unpaired) electrons. The van der Waals surface area contributed by atoms with E-state index in [1.807, 2.05) is 27.7 Å². The van der Waals surface area contributed by atoms with Gasteiger partial charge in [-0.25, -0.2) is 0 Å². The zero-order chi connectivity index (χ0) is 17.8. The Labute approximate surface area is 135 Å². The van der Waals surface area contributed by atoms with Crippen LogP contribution in [0.25, 0.3) is 0 Å². The van der Waals surface area contributed by atoms with Crippen LogP contribution in [-0.2, 0) is 4.79 Å². The smallest absolute Gasteiger partial charge is 0.293 e. The number of nitrogens with one attached hydrogen (secondary N) is 1. The molecule has 1 N–H and O–H groups in total. The summed E-state index contributed by atoms with van der Waals surface area (Å²) < 4.78 is 0. The van der Waals surface area contributed by atoms with E-state index in [1.165, 1.54) is 25.1 Å². The van der Waals surface area contributed by atoms with E-state index in [4.69, 9.17) is 0 Å². The summed E-state index contributed by atoms with van der Waals surface area (Å²) in [6.45, 7) is 9.20. The van der Waals surface area contributed by atoms with Crippen LogP contribution in [0.1, 0.15) is 45.0 Å². The summed E-state index contributed by atoms with van der Waals surface area (Å²) >= 11 is 0. The molecule has 0 atom stereocenters. The third-order valence-electron chi connectivity index (χ3n) is 3.15. The van der Waals surface area contributed by atoms with Crippen molar-refractivity contribution in [1.82, 2.24) is 5.32 Å². The maximum absolute atomic E-state index is 12.1. The topological polar surface area (TPSA) is 92.6 Å². The minimum Gasteiger partial charge on any atom is -0.357 e. The lowest BCUT2D eigenvalue weighted by atomic mass is 10.1. The third-order valence-corrected chi connectivity index (χ3v) is 3.15. The molecule has 0 aromatic heterocycles. The molecule has 23 heavy (non-hydrogen) atoms. The SMILES string of the molecule is CCN(CC(=O)NC(C)(C)C)c1ccc(C(C)=O)cc1[N+](=O)[O-]. The molecule has 0 aliphatic rings. The first-order valence-electron chi connectivity index (χ1n) is 7.40. The molecule has 7 heteroatoms. The lowest BCUT2D eigenvalue weighted by molar-refractivity contribution is -0.384. The molecule has 0 heterocycles. The summed E-state index contributed by atoms with van der Waals surface area (Å²) in [4.78, 5) is 35.9. The Hall–Kier alpha value is -2.44. The number of anilines is 1. The molecule has 0 spiro atoms. The maximum Gasteiger partial charge on any atom is 0.293 e. The highest BCUT2D eigenvalue weighted by Gasteiger charge is 2.23. The van der Waals surface area contributed by atoms with Crippen LogP contribution in [0.3, 0.4) is 0 Å². The summed E-state index contributed by atoms with van der Waals surface area (Å²) in [6.07, 6.45) is 0. The van der Waals surface area contributed by atoms with Gasteiger partial charge < -0.3 is 10.2 Å². The summed E-state index contributed by atoms with van der Waals surface area (Å²) in [6, 6.07) is 4.31. The highest BCUT2D eigenvalue weighted by molar-refractivity contribution is 5.95. The van der Waals surface area contributed by atoms with E-state index < -0.39 is 4.92 Å². The fourth-order valence-electron chi connectivity index (χ4n) is 2.15. The number of nitrogens with zero attached hydrogens (tertiary/aromatic N) is 2. The maximum atomic E-state index is 12.1. The number of nitro groups is 1. The van der Waals surface area contributed by atoms with Gasteiger partial charge in [0.15, 0.2) is 5.78 Å². The zero-order valence-corrected chi connectivity index (χ0v) is 14.2. The van der Waals surface area contributed by atoms with E-state index in [9.17, 15) is 19.7 Å². The van der Waals surface area contributed by atoms with Crippen LogP contribution in [-0.4, -0.2) is 35.2 Å². The van der Waals surface area contributed by atoms with E-state index in [1.54, 1.807) is 4.90 Å². The van der Waals surface area contributed by atoms with E-state index in [-0.39, 0.29) is 35.0 Å². The van der Waals surface area contributed by atoms with Crippen molar-refractivity contribution in [2.24, 2.45) is 0 Å². The average molecular weight is 321 g/mol. The minimum absolute atomic E-state index is 0.00796. The van der Waals surface area contributed by atoms with Crippen molar-refractivity contribution >= 4 is 23.1 Å². The van der Waals surface area contributed by atoms with E-state index in [2.05, 4.69) is 5.32 Å². The number of benzene rings is 1. The van der Waals surface area contributed by atoms with Crippen molar-refractivity contribution in [2.45, 2.75) is 40.2 Å². The standard InChI is InChI=1S/C16H23N3O4/c1-6-18(10-15(21)17-16(3,4)5)13-8-7-12(11(2)20)9-14(13)19(22)23/h7-9H,6,10H2,1-5H3,(H,17,21). The molecule has 0 saturated heterocycles. The Kier molecular flexibility index (Phi) is 5.84. The van der Waals surface area contributed by atoms with Crippen molar-refractivity contribution in [1.29, 1.82) is 0 Å². The van der Waals surface area contributed by atoms with Gasteiger partial charge in [0.2, 0.25) is 5.91 Å². The van der Waals surface area contributed by atoms with Crippen molar-refractivity contribution in [3.05, 3.63) is 33.9 Å². The van der Waals surface area contributed by atoms with Crippen LogP contribution >= 0.6 is 0 Å². The predicted molar refractivity (Wildman–Crippen MR) is 88.9 cm³/mol. The number of hydrogen-bond acceptors (Lipinski definition) is 5. The van der Waals surface area contributed by atoms with Crippen LogP contribution < -0.4 is 10.2 Å². The second kappa shape index (κ2) is 7.21. The summed E-state index contributed by atoms with van der Waals surface area (Å²) in [5.41, 5.74) is 0.0475. The van der Waals surface area contributed by atoms with Crippen molar-refractivity contribution < 1.29 is 14.5 Å². The Morgan fingerprint density at radius 3 is 2.35 bits per heavy atom. The van der Waals surface area contributed by atoms with Crippen molar-refractivity contribution in [2.75, 3.05) is 18.0 Å². The monoisotopic (exact) mass is 321 g/mol. The molecule has 0 aliphatic heterocycles. The quantitative estimate of drug-likeness (QED) is 0.494. The lowest BCUT2D eigenvalue weighted by Crippen LogP contribution is -2.46. The van der Waals surface area contributed by atoms with Crippen LogP contribution in [0.15, 0.2) is 18.2 Å². The van der Waals surface area contributed by atoms with Crippen LogP contribution in [0.2, 0.25) is 0 Å². The molecule has 0 bridgehead atoms. The summed E-state index contributed by atoms with van der Waals surface area (Å²) in [5.74, 6) is -0.461. The molecule has 0 unspecified atom stereocenters. The van der Waals surface area contributed by atoms with Gasteiger partial charge in [-0.15, -0.1) is 0 Å². The highest BCUT2D eigenvalue weighted by atomic mass is 16.6. The molecular weight excluding hydrogens is 298 g/mol. The number of likely N-dealkylation sites (N-methyl/N-ethyl adjacent to an activating group) is 1. The van der Waals surface area contributed by atoms with Crippen LogP contribution in [0.5, 0.6) is 0 Å². The number of rotatable bonds is 6. The highest BCUT2D eigenvalue weighted by Crippen LogP contribution is 2.29.